The van der Waals surface area contributed by atoms with Gasteiger partial charge in [-0.2, -0.15) is 0 Å². The molecule has 0 radical (unpaired) electrons. The van der Waals surface area contributed by atoms with Crippen molar-refractivity contribution in [2.45, 2.75) is 5.60 Å². The minimum atomic E-state index is -1.36. The molecular weight excluding hydrogens is 306 g/mol. The maximum atomic E-state index is 12.1. The summed E-state index contributed by atoms with van der Waals surface area (Å²) in [5.41, 5.74) is -1.36. The first-order valence-corrected chi connectivity index (χ1v) is 8.08. The molecule has 3 aromatic rings. The van der Waals surface area contributed by atoms with E-state index in [4.69, 9.17) is 4.42 Å². The Balaban J connectivity index is 1.83. The maximum absolute atomic E-state index is 12.1. The van der Waals surface area contributed by atoms with Gasteiger partial charge in [-0.3, -0.25) is 4.79 Å². The van der Waals surface area contributed by atoms with Crippen LogP contribution in [0.1, 0.15) is 20.3 Å². The third-order valence-electron chi connectivity index (χ3n) is 3.11. The topological polar surface area (TPSA) is 62.5 Å². The van der Waals surface area contributed by atoms with Gasteiger partial charge in [0, 0.05) is 4.88 Å². The largest absolute Gasteiger partial charge is 0.466 e. The van der Waals surface area contributed by atoms with Crippen LogP contribution in [0.2, 0.25) is 0 Å². The molecule has 3 aromatic heterocycles. The van der Waals surface area contributed by atoms with Gasteiger partial charge in [0.2, 0.25) is 0 Å². The van der Waals surface area contributed by atoms with E-state index in [1.54, 1.807) is 18.2 Å². The second-order valence-electron chi connectivity index (χ2n) is 4.47. The molecule has 0 fully saturated rings. The molecule has 1 atom stereocenters. The van der Waals surface area contributed by atoms with Crippen LogP contribution >= 0.6 is 22.7 Å². The second-order valence-corrected chi connectivity index (χ2v) is 6.37. The minimum Gasteiger partial charge on any atom is -0.466 e. The summed E-state index contributed by atoms with van der Waals surface area (Å²) >= 11 is 2.78. The molecule has 1 amide bonds. The fourth-order valence-electron chi connectivity index (χ4n) is 2.03. The molecule has 21 heavy (non-hydrogen) atoms. The third kappa shape index (κ3) is 2.78. The summed E-state index contributed by atoms with van der Waals surface area (Å²) in [5, 5.41) is 17.5. The number of carbonyl (C=O) groups excluding carboxylic acids is 1. The van der Waals surface area contributed by atoms with Crippen molar-refractivity contribution < 1.29 is 14.3 Å². The molecule has 6 heteroatoms. The third-order valence-corrected chi connectivity index (χ3v) is 5.00. The standard InChI is InChI=1S/C15H13NO3S2/c17-14(11-4-2-8-20-11)16-10-15(18,12-5-1-7-19-12)13-6-3-9-21-13/h1-9,18H,10H2,(H,16,17)/t15-/m0/s1. The highest BCUT2D eigenvalue weighted by Gasteiger charge is 2.36. The Morgan fingerprint density at radius 1 is 1.19 bits per heavy atom. The fourth-order valence-corrected chi connectivity index (χ4v) is 3.50. The number of thiophene rings is 2. The monoisotopic (exact) mass is 319 g/mol. The molecule has 108 valence electrons. The van der Waals surface area contributed by atoms with Crippen molar-refractivity contribution in [2.24, 2.45) is 0 Å². The van der Waals surface area contributed by atoms with Crippen molar-refractivity contribution in [1.29, 1.82) is 0 Å². The van der Waals surface area contributed by atoms with Crippen LogP contribution in [-0.2, 0) is 5.60 Å². The van der Waals surface area contributed by atoms with E-state index in [1.165, 1.54) is 28.9 Å². The van der Waals surface area contributed by atoms with Gasteiger partial charge in [0.25, 0.3) is 5.91 Å². The normalized spacial score (nSPS) is 13.8. The predicted octanol–water partition coefficient (Wildman–Crippen LogP) is 3.07. The van der Waals surface area contributed by atoms with Gasteiger partial charge in [0.15, 0.2) is 5.60 Å². The number of rotatable bonds is 5. The molecule has 0 unspecified atom stereocenters. The van der Waals surface area contributed by atoms with Crippen molar-refractivity contribution >= 4 is 28.6 Å². The Labute approximate surface area is 129 Å². The lowest BCUT2D eigenvalue weighted by atomic mass is 9.98. The van der Waals surface area contributed by atoms with Gasteiger partial charge in [-0.15, -0.1) is 22.7 Å². The number of nitrogens with one attached hydrogen (secondary N) is 1. The summed E-state index contributed by atoms with van der Waals surface area (Å²) in [6.45, 7) is 0.0533. The number of furan rings is 1. The number of aliphatic hydroxyl groups is 1. The highest BCUT2D eigenvalue weighted by molar-refractivity contribution is 7.12. The fraction of sp³-hybridized carbons (Fsp3) is 0.133. The molecule has 0 saturated heterocycles. The molecule has 0 aliphatic heterocycles. The Hall–Kier alpha value is -1.89. The van der Waals surface area contributed by atoms with Gasteiger partial charge in [-0.1, -0.05) is 12.1 Å². The van der Waals surface area contributed by atoms with Crippen molar-refractivity contribution in [3.8, 4) is 0 Å². The predicted molar refractivity (Wildman–Crippen MR) is 82.7 cm³/mol. The van der Waals surface area contributed by atoms with Crippen molar-refractivity contribution in [3.63, 3.8) is 0 Å². The van der Waals surface area contributed by atoms with E-state index < -0.39 is 5.60 Å². The van der Waals surface area contributed by atoms with Gasteiger partial charge in [0.05, 0.1) is 17.7 Å². The molecule has 0 aromatic carbocycles. The molecule has 0 saturated carbocycles. The zero-order chi connectivity index (χ0) is 14.7. The van der Waals surface area contributed by atoms with Gasteiger partial charge in [-0.05, 0) is 35.0 Å². The van der Waals surface area contributed by atoms with E-state index in [-0.39, 0.29) is 12.5 Å². The van der Waals surface area contributed by atoms with Crippen LogP contribution in [0.4, 0.5) is 0 Å². The molecule has 3 heterocycles. The Kier molecular flexibility index (Phi) is 3.92. The molecule has 4 nitrogen and oxygen atoms in total. The first-order chi connectivity index (χ1) is 10.2. The van der Waals surface area contributed by atoms with Crippen LogP contribution in [0.25, 0.3) is 0 Å². The first kappa shape index (κ1) is 14.1. The lowest BCUT2D eigenvalue weighted by molar-refractivity contribution is 0.0555. The van der Waals surface area contributed by atoms with Crippen LogP contribution in [0.15, 0.2) is 57.8 Å². The summed E-state index contributed by atoms with van der Waals surface area (Å²) < 4.78 is 5.35. The summed E-state index contributed by atoms with van der Waals surface area (Å²) in [6, 6.07) is 10.7. The number of carbonyl (C=O) groups is 1. The van der Waals surface area contributed by atoms with Crippen LogP contribution in [0, 0.1) is 0 Å². The van der Waals surface area contributed by atoms with E-state index in [0.29, 0.717) is 10.6 Å². The second kappa shape index (κ2) is 5.85. The summed E-state index contributed by atoms with van der Waals surface area (Å²) in [7, 11) is 0. The summed E-state index contributed by atoms with van der Waals surface area (Å²) in [4.78, 5) is 13.4. The summed E-state index contributed by atoms with van der Waals surface area (Å²) in [5.74, 6) is 0.211. The number of hydrogen-bond donors (Lipinski definition) is 2. The number of amides is 1. The van der Waals surface area contributed by atoms with Gasteiger partial charge in [-0.25, -0.2) is 0 Å². The zero-order valence-electron chi connectivity index (χ0n) is 11.0. The Bertz CT molecular complexity index is 653. The Morgan fingerprint density at radius 2 is 2.00 bits per heavy atom. The highest BCUT2D eigenvalue weighted by Crippen LogP contribution is 2.32. The SMILES string of the molecule is O=C(NC[C@](O)(c1ccco1)c1cccs1)c1cccs1. The highest BCUT2D eigenvalue weighted by atomic mass is 32.1. The van der Waals surface area contributed by atoms with Crippen LogP contribution in [0.5, 0.6) is 0 Å². The van der Waals surface area contributed by atoms with Gasteiger partial charge < -0.3 is 14.8 Å². The molecule has 0 aliphatic rings. The van der Waals surface area contributed by atoms with Gasteiger partial charge >= 0.3 is 0 Å². The lowest BCUT2D eigenvalue weighted by Gasteiger charge is -2.25. The van der Waals surface area contributed by atoms with Crippen molar-refractivity contribution in [2.75, 3.05) is 6.54 Å². The average molecular weight is 319 g/mol. The van der Waals surface area contributed by atoms with Crippen molar-refractivity contribution in [1.82, 2.24) is 5.32 Å². The van der Waals surface area contributed by atoms with Crippen LogP contribution < -0.4 is 5.32 Å². The molecular formula is C15H13NO3S2. The molecule has 3 rings (SSSR count). The van der Waals surface area contributed by atoms with Gasteiger partial charge in [0.1, 0.15) is 5.76 Å². The first-order valence-electron chi connectivity index (χ1n) is 6.32. The van der Waals surface area contributed by atoms with Crippen molar-refractivity contribution in [3.05, 3.63) is 68.9 Å². The van der Waals surface area contributed by atoms with Crippen LogP contribution in [0.3, 0.4) is 0 Å². The zero-order valence-corrected chi connectivity index (χ0v) is 12.6. The smallest absolute Gasteiger partial charge is 0.261 e. The maximum Gasteiger partial charge on any atom is 0.261 e. The average Bonchev–Trinajstić information content (AvgIpc) is 3.27. The Morgan fingerprint density at radius 3 is 2.62 bits per heavy atom. The van der Waals surface area contributed by atoms with E-state index in [9.17, 15) is 9.90 Å². The molecule has 2 N–H and O–H groups in total. The summed E-state index contributed by atoms with van der Waals surface area (Å²) in [6.07, 6.45) is 1.51. The molecule has 0 aliphatic carbocycles. The van der Waals surface area contributed by atoms with E-state index in [2.05, 4.69) is 5.32 Å². The molecule has 0 spiro atoms. The van der Waals surface area contributed by atoms with E-state index >= 15 is 0 Å². The van der Waals surface area contributed by atoms with E-state index in [1.807, 2.05) is 29.0 Å². The van der Waals surface area contributed by atoms with E-state index in [0.717, 1.165) is 4.88 Å². The minimum absolute atomic E-state index is 0.0533. The molecule has 0 bridgehead atoms. The van der Waals surface area contributed by atoms with Crippen LogP contribution in [-0.4, -0.2) is 17.6 Å². The quantitative estimate of drug-likeness (QED) is 0.760. The lowest BCUT2D eigenvalue weighted by Crippen LogP contribution is -2.40. The number of hydrogen-bond acceptors (Lipinski definition) is 5.